The molecule has 1 aliphatic heterocycles. The van der Waals surface area contributed by atoms with E-state index in [1.165, 1.54) is 12.8 Å². The van der Waals surface area contributed by atoms with Gasteiger partial charge in [-0.2, -0.15) is 0 Å². The maximum Gasteiger partial charge on any atom is 0.225 e. The topological polar surface area (TPSA) is 41.1 Å². The van der Waals surface area contributed by atoms with E-state index in [0.717, 1.165) is 24.7 Å². The lowest BCUT2D eigenvalue weighted by Crippen LogP contribution is -2.45. The molecule has 4 heteroatoms. The Bertz CT molecular complexity index is 397. The van der Waals surface area contributed by atoms with Crippen LogP contribution in [0.5, 0.6) is 0 Å². The standard InChI is InChI=1S/C14H24N4/c1-11-7-8-15-13(17-11)18-9-5-6-12(18)10-16-14(2,3)4/h7-8,12,16H,5-6,9-10H2,1-4H3. The Kier molecular flexibility index (Phi) is 3.85. The molecule has 1 saturated heterocycles. The van der Waals surface area contributed by atoms with E-state index in [1.54, 1.807) is 0 Å². The minimum atomic E-state index is 0.168. The number of hydrogen-bond acceptors (Lipinski definition) is 4. The van der Waals surface area contributed by atoms with Crippen LogP contribution in [-0.2, 0) is 0 Å². The highest BCUT2D eigenvalue weighted by atomic mass is 15.3. The number of aromatic nitrogens is 2. The Balaban J connectivity index is 2.03. The first kappa shape index (κ1) is 13.3. The van der Waals surface area contributed by atoms with Gasteiger partial charge in [0, 0.05) is 36.6 Å². The van der Waals surface area contributed by atoms with Crippen molar-refractivity contribution in [2.24, 2.45) is 0 Å². The summed E-state index contributed by atoms with van der Waals surface area (Å²) in [6, 6.07) is 2.47. The van der Waals surface area contributed by atoms with Crippen molar-refractivity contribution in [3.8, 4) is 0 Å². The predicted molar refractivity (Wildman–Crippen MR) is 74.9 cm³/mol. The number of aryl methyl sites for hydroxylation is 1. The molecular weight excluding hydrogens is 224 g/mol. The first-order chi connectivity index (χ1) is 8.46. The Hall–Kier alpha value is -1.16. The van der Waals surface area contributed by atoms with Crippen LogP contribution in [-0.4, -0.2) is 34.6 Å². The van der Waals surface area contributed by atoms with Crippen molar-refractivity contribution in [3.05, 3.63) is 18.0 Å². The largest absolute Gasteiger partial charge is 0.337 e. The van der Waals surface area contributed by atoms with E-state index >= 15 is 0 Å². The molecule has 18 heavy (non-hydrogen) atoms. The van der Waals surface area contributed by atoms with E-state index in [1.807, 2.05) is 19.2 Å². The van der Waals surface area contributed by atoms with E-state index in [2.05, 4.69) is 41.0 Å². The molecule has 2 rings (SSSR count). The lowest BCUT2D eigenvalue weighted by molar-refractivity contribution is 0.404. The maximum atomic E-state index is 4.54. The fourth-order valence-corrected chi connectivity index (χ4v) is 2.31. The molecule has 0 spiro atoms. The highest BCUT2D eigenvalue weighted by molar-refractivity contribution is 5.33. The molecule has 1 aliphatic rings. The molecule has 2 heterocycles. The zero-order chi connectivity index (χ0) is 13.2. The Labute approximate surface area is 110 Å². The number of nitrogens with zero attached hydrogens (tertiary/aromatic N) is 3. The van der Waals surface area contributed by atoms with Crippen molar-refractivity contribution < 1.29 is 0 Å². The number of nitrogens with one attached hydrogen (secondary N) is 1. The molecule has 0 amide bonds. The molecule has 1 unspecified atom stereocenters. The summed E-state index contributed by atoms with van der Waals surface area (Å²) in [5, 5.41) is 3.58. The highest BCUT2D eigenvalue weighted by Gasteiger charge is 2.27. The average Bonchev–Trinajstić information content (AvgIpc) is 2.73. The Morgan fingerprint density at radius 3 is 2.89 bits per heavy atom. The van der Waals surface area contributed by atoms with Gasteiger partial charge < -0.3 is 10.2 Å². The molecule has 1 aromatic heterocycles. The van der Waals surface area contributed by atoms with Crippen LogP contribution in [0.2, 0.25) is 0 Å². The van der Waals surface area contributed by atoms with Gasteiger partial charge in [0.1, 0.15) is 0 Å². The van der Waals surface area contributed by atoms with Crippen molar-refractivity contribution in [1.29, 1.82) is 0 Å². The lowest BCUT2D eigenvalue weighted by atomic mass is 10.1. The van der Waals surface area contributed by atoms with Crippen LogP contribution in [0.4, 0.5) is 5.95 Å². The molecule has 1 aromatic rings. The summed E-state index contributed by atoms with van der Waals surface area (Å²) in [7, 11) is 0. The Morgan fingerprint density at radius 2 is 2.22 bits per heavy atom. The second kappa shape index (κ2) is 5.22. The molecule has 1 N–H and O–H groups in total. The third kappa shape index (κ3) is 3.42. The lowest BCUT2D eigenvalue weighted by Gasteiger charge is -2.29. The maximum absolute atomic E-state index is 4.54. The third-order valence-electron chi connectivity index (χ3n) is 3.28. The minimum Gasteiger partial charge on any atom is -0.337 e. The molecule has 100 valence electrons. The molecule has 0 aromatic carbocycles. The smallest absolute Gasteiger partial charge is 0.225 e. The van der Waals surface area contributed by atoms with Crippen LogP contribution in [0.15, 0.2) is 12.3 Å². The van der Waals surface area contributed by atoms with E-state index < -0.39 is 0 Å². The predicted octanol–water partition coefficient (Wildman–Crippen LogP) is 2.14. The van der Waals surface area contributed by atoms with Crippen LogP contribution in [0.25, 0.3) is 0 Å². The molecule has 0 saturated carbocycles. The zero-order valence-corrected chi connectivity index (χ0v) is 11.9. The van der Waals surface area contributed by atoms with E-state index in [0.29, 0.717) is 6.04 Å². The van der Waals surface area contributed by atoms with Crippen molar-refractivity contribution in [2.45, 2.75) is 52.1 Å². The molecule has 0 bridgehead atoms. The van der Waals surface area contributed by atoms with Gasteiger partial charge in [0.15, 0.2) is 0 Å². The van der Waals surface area contributed by atoms with E-state index in [9.17, 15) is 0 Å². The third-order valence-corrected chi connectivity index (χ3v) is 3.28. The van der Waals surface area contributed by atoms with Crippen molar-refractivity contribution in [1.82, 2.24) is 15.3 Å². The van der Waals surface area contributed by atoms with Crippen LogP contribution in [0, 0.1) is 6.92 Å². The number of hydrogen-bond donors (Lipinski definition) is 1. The zero-order valence-electron chi connectivity index (χ0n) is 11.9. The van der Waals surface area contributed by atoms with Gasteiger partial charge >= 0.3 is 0 Å². The second-order valence-corrected chi connectivity index (χ2v) is 6.12. The molecule has 1 atom stereocenters. The molecule has 0 radical (unpaired) electrons. The van der Waals surface area contributed by atoms with Crippen LogP contribution in [0.3, 0.4) is 0 Å². The first-order valence-corrected chi connectivity index (χ1v) is 6.77. The number of anilines is 1. The quantitative estimate of drug-likeness (QED) is 0.890. The van der Waals surface area contributed by atoms with E-state index in [-0.39, 0.29) is 5.54 Å². The summed E-state index contributed by atoms with van der Waals surface area (Å²) in [6.45, 7) is 10.7. The highest BCUT2D eigenvalue weighted by Crippen LogP contribution is 2.22. The Morgan fingerprint density at radius 1 is 1.44 bits per heavy atom. The van der Waals surface area contributed by atoms with Gasteiger partial charge in [-0.3, -0.25) is 0 Å². The van der Waals surface area contributed by atoms with Gasteiger partial charge in [-0.1, -0.05) is 0 Å². The fourth-order valence-electron chi connectivity index (χ4n) is 2.31. The van der Waals surface area contributed by atoms with Crippen LogP contribution in [0.1, 0.15) is 39.3 Å². The summed E-state index contributed by atoms with van der Waals surface area (Å²) in [4.78, 5) is 11.3. The van der Waals surface area contributed by atoms with Crippen molar-refractivity contribution in [2.75, 3.05) is 18.0 Å². The molecule has 4 nitrogen and oxygen atoms in total. The van der Waals surface area contributed by atoms with Crippen LogP contribution >= 0.6 is 0 Å². The molecular formula is C14H24N4. The summed E-state index contributed by atoms with van der Waals surface area (Å²) < 4.78 is 0. The van der Waals surface area contributed by atoms with Crippen LogP contribution < -0.4 is 10.2 Å². The molecule has 1 fully saturated rings. The normalized spacial score (nSPS) is 20.4. The van der Waals surface area contributed by atoms with Gasteiger partial charge in [-0.15, -0.1) is 0 Å². The SMILES string of the molecule is Cc1ccnc(N2CCCC2CNC(C)(C)C)n1. The second-order valence-electron chi connectivity index (χ2n) is 6.12. The monoisotopic (exact) mass is 248 g/mol. The molecule has 0 aliphatic carbocycles. The van der Waals surface area contributed by atoms with Gasteiger partial charge in [0.25, 0.3) is 0 Å². The first-order valence-electron chi connectivity index (χ1n) is 6.77. The van der Waals surface area contributed by atoms with Crippen molar-refractivity contribution in [3.63, 3.8) is 0 Å². The van der Waals surface area contributed by atoms with Gasteiger partial charge in [0.2, 0.25) is 5.95 Å². The van der Waals surface area contributed by atoms with Gasteiger partial charge in [0.05, 0.1) is 0 Å². The average molecular weight is 248 g/mol. The fraction of sp³-hybridized carbons (Fsp3) is 0.714. The summed E-state index contributed by atoms with van der Waals surface area (Å²) in [5.74, 6) is 0.883. The van der Waals surface area contributed by atoms with Crippen molar-refractivity contribution >= 4 is 5.95 Å². The number of rotatable bonds is 3. The summed E-state index contributed by atoms with van der Waals surface area (Å²) in [5.41, 5.74) is 1.20. The van der Waals surface area contributed by atoms with Gasteiger partial charge in [-0.05, 0) is 46.6 Å². The minimum absolute atomic E-state index is 0.168. The summed E-state index contributed by atoms with van der Waals surface area (Å²) >= 11 is 0. The van der Waals surface area contributed by atoms with Gasteiger partial charge in [-0.25, -0.2) is 9.97 Å². The van der Waals surface area contributed by atoms with E-state index in [4.69, 9.17) is 0 Å². The summed E-state index contributed by atoms with van der Waals surface area (Å²) in [6.07, 6.45) is 4.30.